The van der Waals surface area contributed by atoms with Crippen molar-refractivity contribution >= 4 is 18.3 Å². The molecular weight excluding hydrogens is 322 g/mol. The van der Waals surface area contributed by atoms with Crippen molar-refractivity contribution in [2.75, 3.05) is 39.3 Å². The van der Waals surface area contributed by atoms with Gasteiger partial charge in [0.25, 0.3) is 0 Å². The van der Waals surface area contributed by atoms with Crippen LogP contribution in [0.1, 0.15) is 52.4 Å². The lowest BCUT2D eigenvalue weighted by Gasteiger charge is -2.64. The second kappa shape index (κ2) is 6.44. The Labute approximate surface area is 152 Å². The van der Waals surface area contributed by atoms with Crippen molar-refractivity contribution < 1.29 is 4.79 Å². The first kappa shape index (κ1) is 18.5. The summed E-state index contributed by atoms with van der Waals surface area (Å²) in [5, 5.41) is 6.70. The van der Waals surface area contributed by atoms with Crippen molar-refractivity contribution in [1.82, 2.24) is 15.5 Å². The van der Waals surface area contributed by atoms with Crippen molar-refractivity contribution in [2.45, 2.75) is 52.4 Å². The lowest BCUT2D eigenvalue weighted by molar-refractivity contribution is -0.170. The maximum atomic E-state index is 13.1. The van der Waals surface area contributed by atoms with Crippen molar-refractivity contribution in [3.63, 3.8) is 0 Å². The summed E-state index contributed by atoms with van der Waals surface area (Å²) in [5.41, 5.74) is 0.792. The first-order valence-corrected chi connectivity index (χ1v) is 9.62. The van der Waals surface area contributed by atoms with E-state index in [1.54, 1.807) is 0 Å². The Balaban J connectivity index is 0.00000169. The van der Waals surface area contributed by atoms with E-state index in [2.05, 4.69) is 29.4 Å². The molecule has 4 nitrogen and oxygen atoms in total. The average molecular weight is 356 g/mol. The van der Waals surface area contributed by atoms with Crippen LogP contribution in [-0.2, 0) is 4.79 Å². The quantitative estimate of drug-likeness (QED) is 0.814. The number of rotatable bonds is 4. The van der Waals surface area contributed by atoms with Crippen molar-refractivity contribution in [1.29, 1.82) is 0 Å². The van der Waals surface area contributed by atoms with Crippen molar-refractivity contribution in [2.24, 2.45) is 22.2 Å². The molecule has 1 aliphatic heterocycles. The lowest BCUT2D eigenvalue weighted by atomic mass is 9.40. The number of nitrogens with one attached hydrogen (secondary N) is 2. The van der Waals surface area contributed by atoms with E-state index in [1.807, 2.05) is 0 Å². The molecule has 5 rings (SSSR count). The highest BCUT2D eigenvalue weighted by atomic mass is 35.5. The molecule has 4 aliphatic carbocycles. The molecule has 4 saturated carbocycles. The second-order valence-corrected chi connectivity index (χ2v) is 9.76. The molecule has 1 saturated heterocycles. The minimum atomic E-state index is -0.0492. The number of halogens is 1. The van der Waals surface area contributed by atoms with Gasteiger partial charge < -0.3 is 10.6 Å². The largest absolute Gasteiger partial charge is 0.354 e. The molecule has 1 heterocycles. The highest BCUT2D eigenvalue weighted by Crippen LogP contribution is 2.69. The molecule has 0 aromatic rings. The summed E-state index contributed by atoms with van der Waals surface area (Å²) in [6, 6.07) is 0. The number of carbonyl (C=O) groups is 1. The third-order valence-electron chi connectivity index (χ3n) is 7.03. The molecule has 4 bridgehead atoms. The number of piperazine rings is 1. The first-order valence-electron chi connectivity index (χ1n) is 9.62. The van der Waals surface area contributed by atoms with Crippen LogP contribution in [0.4, 0.5) is 0 Å². The topological polar surface area (TPSA) is 44.4 Å². The van der Waals surface area contributed by atoms with Gasteiger partial charge in [-0.15, -0.1) is 12.4 Å². The van der Waals surface area contributed by atoms with Gasteiger partial charge in [-0.2, -0.15) is 0 Å². The zero-order valence-electron chi connectivity index (χ0n) is 15.3. The van der Waals surface area contributed by atoms with Crippen LogP contribution in [0, 0.1) is 22.2 Å². The third kappa shape index (κ3) is 3.34. The van der Waals surface area contributed by atoms with E-state index in [-0.39, 0.29) is 17.8 Å². The van der Waals surface area contributed by atoms with Crippen LogP contribution in [0.15, 0.2) is 0 Å². The predicted octanol–water partition coefficient (Wildman–Crippen LogP) is 2.43. The van der Waals surface area contributed by atoms with Crippen LogP contribution in [0.3, 0.4) is 0 Å². The summed E-state index contributed by atoms with van der Waals surface area (Å²) < 4.78 is 0. The summed E-state index contributed by atoms with van der Waals surface area (Å²) in [4.78, 5) is 15.5. The number of hydrogen-bond acceptors (Lipinski definition) is 3. The molecule has 0 aromatic heterocycles. The van der Waals surface area contributed by atoms with Gasteiger partial charge in [-0.3, -0.25) is 9.69 Å². The standard InChI is InChI=1S/C19H33N3O.ClH/c1-17-9-15-10-18(2,12-17)14-19(11-15,13-17)16(23)21-5-8-22-6-3-20-4-7-22;/h15,20H,3-14H2,1-2H3,(H,21,23);1H. The van der Waals surface area contributed by atoms with Gasteiger partial charge in [0.1, 0.15) is 0 Å². The maximum absolute atomic E-state index is 13.1. The summed E-state index contributed by atoms with van der Waals surface area (Å²) in [6.45, 7) is 11.1. The van der Waals surface area contributed by atoms with E-state index < -0.39 is 0 Å². The van der Waals surface area contributed by atoms with E-state index in [1.165, 1.54) is 19.3 Å². The second-order valence-electron chi connectivity index (χ2n) is 9.76. The zero-order valence-corrected chi connectivity index (χ0v) is 16.1. The zero-order chi connectivity index (χ0) is 16.1. The Morgan fingerprint density at radius 2 is 1.71 bits per heavy atom. The molecule has 5 fully saturated rings. The van der Waals surface area contributed by atoms with Gasteiger partial charge in [-0.25, -0.2) is 0 Å². The monoisotopic (exact) mass is 355 g/mol. The fourth-order valence-electron chi connectivity index (χ4n) is 7.15. The Morgan fingerprint density at radius 1 is 1.08 bits per heavy atom. The van der Waals surface area contributed by atoms with Crippen LogP contribution >= 0.6 is 12.4 Å². The van der Waals surface area contributed by atoms with Crippen LogP contribution in [-0.4, -0.2) is 50.1 Å². The van der Waals surface area contributed by atoms with Gasteiger partial charge in [-0.1, -0.05) is 13.8 Å². The average Bonchev–Trinajstić information content (AvgIpc) is 2.44. The number of nitrogens with zero attached hydrogens (tertiary/aromatic N) is 1. The molecule has 0 spiro atoms. The van der Waals surface area contributed by atoms with E-state index in [0.717, 1.165) is 64.4 Å². The predicted molar refractivity (Wildman–Crippen MR) is 99.4 cm³/mol. The van der Waals surface area contributed by atoms with Crippen LogP contribution in [0.2, 0.25) is 0 Å². The van der Waals surface area contributed by atoms with Crippen molar-refractivity contribution in [3.05, 3.63) is 0 Å². The van der Waals surface area contributed by atoms with Crippen molar-refractivity contribution in [3.8, 4) is 0 Å². The Bertz CT molecular complexity index is 473. The highest BCUT2D eigenvalue weighted by molar-refractivity contribution is 5.85. The van der Waals surface area contributed by atoms with Gasteiger partial charge >= 0.3 is 0 Å². The highest BCUT2D eigenvalue weighted by Gasteiger charge is 2.62. The Kier molecular flexibility index (Phi) is 4.96. The maximum Gasteiger partial charge on any atom is 0.226 e. The van der Waals surface area contributed by atoms with Gasteiger partial charge in [0.15, 0.2) is 0 Å². The molecule has 2 atom stereocenters. The van der Waals surface area contributed by atoms with E-state index >= 15 is 0 Å². The van der Waals surface area contributed by atoms with Gasteiger partial charge in [0, 0.05) is 39.3 Å². The van der Waals surface area contributed by atoms with E-state index in [0.29, 0.717) is 16.7 Å². The molecule has 138 valence electrons. The van der Waals surface area contributed by atoms with E-state index in [9.17, 15) is 4.79 Å². The van der Waals surface area contributed by atoms with E-state index in [4.69, 9.17) is 0 Å². The molecule has 0 radical (unpaired) electrons. The van der Waals surface area contributed by atoms with Gasteiger partial charge in [0.2, 0.25) is 5.91 Å². The summed E-state index contributed by atoms with van der Waals surface area (Å²) in [6.07, 6.45) is 7.47. The Hall–Kier alpha value is -0.320. The van der Waals surface area contributed by atoms with Gasteiger partial charge in [0.05, 0.1) is 5.41 Å². The SMILES string of the molecule is CC12CC3CC(C)(C1)CC(C(=O)NCCN1CCNCC1)(C3)C2.Cl. The molecule has 0 aromatic carbocycles. The fourth-order valence-corrected chi connectivity index (χ4v) is 7.15. The first-order chi connectivity index (χ1) is 10.9. The molecule has 5 heteroatoms. The van der Waals surface area contributed by atoms with Crippen LogP contribution < -0.4 is 10.6 Å². The Morgan fingerprint density at radius 3 is 2.29 bits per heavy atom. The number of amides is 1. The van der Waals surface area contributed by atoms with Gasteiger partial charge in [-0.05, 0) is 55.3 Å². The lowest BCUT2D eigenvalue weighted by Crippen LogP contribution is -2.60. The minimum Gasteiger partial charge on any atom is -0.354 e. The molecule has 1 amide bonds. The molecule has 5 aliphatic rings. The fraction of sp³-hybridized carbons (Fsp3) is 0.947. The molecular formula is C19H34ClN3O. The smallest absolute Gasteiger partial charge is 0.226 e. The number of hydrogen-bond donors (Lipinski definition) is 2. The molecule has 2 unspecified atom stereocenters. The number of carbonyl (C=O) groups excluding carboxylic acids is 1. The normalized spacial score (nSPS) is 44.2. The third-order valence-corrected chi connectivity index (χ3v) is 7.03. The van der Waals surface area contributed by atoms with Crippen LogP contribution in [0.5, 0.6) is 0 Å². The van der Waals surface area contributed by atoms with Crippen LogP contribution in [0.25, 0.3) is 0 Å². The summed E-state index contributed by atoms with van der Waals surface area (Å²) in [7, 11) is 0. The summed E-state index contributed by atoms with van der Waals surface area (Å²) >= 11 is 0. The summed E-state index contributed by atoms with van der Waals surface area (Å²) in [5.74, 6) is 1.16. The molecule has 24 heavy (non-hydrogen) atoms. The minimum absolute atomic E-state index is 0. The molecule has 2 N–H and O–H groups in total.